The van der Waals surface area contributed by atoms with E-state index in [1.807, 2.05) is 79.7 Å². The van der Waals surface area contributed by atoms with Crippen molar-refractivity contribution in [3.63, 3.8) is 0 Å². The van der Waals surface area contributed by atoms with E-state index in [4.69, 9.17) is 18.0 Å². The summed E-state index contributed by atoms with van der Waals surface area (Å²) in [7, 11) is -9.88. The minimum absolute atomic E-state index is 0.0223. The summed E-state index contributed by atoms with van der Waals surface area (Å²) in [4.78, 5) is 12.4. The van der Waals surface area contributed by atoms with Crippen LogP contribution in [0, 0.1) is 33.5 Å². The lowest BCUT2D eigenvalue weighted by Crippen LogP contribution is -2.61. The molecule has 9 aliphatic rings. The number of carbonyl (C=O) groups is 1. The molecule has 0 amide bonds. The fraction of sp³-hybridized carbons (Fsp3) is 0.682. The van der Waals surface area contributed by atoms with Crippen LogP contribution in [-0.4, -0.2) is 126 Å². The molecule has 0 aromatic heterocycles. The molecule has 8 aliphatic carbocycles. The van der Waals surface area contributed by atoms with Crippen molar-refractivity contribution in [2.45, 2.75) is 313 Å². The van der Waals surface area contributed by atoms with E-state index in [1.54, 1.807) is 0 Å². The zero-order valence-corrected chi connectivity index (χ0v) is 71.3. The molecule has 110 heavy (non-hydrogen) atoms. The van der Waals surface area contributed by atoms with Gasteiger partial charge in [0.25, 0.3) is 11.2 Å². The van der Waals surface area contributed by atoms with Gasteiger partial charge in [0.1, 0.15) is 12.9 Å². The van der Waals surface area contributed by atoms with Crippen molar-refractivity contribution >= 4 is 48.5 Å². The fourth-order valence-corrected chi connectivity index (χ4v) is 23.9. The summed E-state index contributed by atoms with van der Waals surface area (Å²) < 4.78 is 199. The van der Waals surface area contributed by atoms with Crippen LogP contribution in [-0.2, 0) is 27.4 Å². The van der Waals surface area contributed by atoms with Crippen LogP contribution in [0.1, 0.15) is 197 Å². The molecule has 9 nitrogen and oxygen atoms in total. The van der Waals surface area contributed by atoms with Crippen molar-refractivity contribution in [2.24, 2.45) is 33.5 Å². The summed E-state index contributed by atoms with van der Waals surface area (Å²) in [5.41, 5.74) is -4.87. The predicted octanol–water partition coefficient (Wildman–Crippen LogP) is 23.3. The lowest BCUT2D eigenvalue weighted by molar-refractivity contribution is -0.347. The topological polar surface area (TPSA) is 132 Å². The van der Waals surface area contributed by atoms with Crippen LogP contribution in [0.2, 0.25) is 55.9 Å². The van der Waals surface area contributed by atoms with E-state index >= 15 is 0 Å². The first-order chi connectivity index (χ1) is 50.5. The first kappa shape index (κ1) is 91.6. The van der Waals surface area contributed by atoms with Gasteiger partial charge in [-0.1, -0.05) is 186 Å². The third-order valence-electron chi connectivity index (χ3n) is 25.7. The fourth-order valence-electron chi connectivity index (χ4n) is 17.3. The van der Waals surface area contributed by atoms with E-state index in [9.17, 15) is 77.4 Å². The molecule has 7 fully saturated rings. The SMILES string of the molecule is C1CCOC1.CC(C)(C)[Si](C)(C)O[C@@H]1CC(=CCP(=O)(c2ccccc2)c2ccccc2)C[C@@H](O[Si](C)(C)C(C)(C)C)C1.C[C@]12CCC/C(=C\C=C3CC(O)C[C@H](O)C3)C1CC=C2C1(C/C=C\C(O)(C(F)(F)F)C(F)(F)F)CC1.C[C@]12CCCC(=O)C1CC=C2C1(C/C=C\C(O[Si](C)(C)C)(C(F)(F)F)C(F)(F)F)CC1. The second-order valence-corrected chi connectivity index (χ2v) is 54.1. The first-order valence-corrected chi connectivity index (χ1v) is 50.7. The van der Waals surface area contributed by atoms with Crippen molar-refractivity contribution < 1.29 is 95.4 Å². The quantitative estimate of drug-likeness (QED) is 0.0544. The molecule has 0 spiro atoms. The number of ketones is 1. The minimum Gasteiger partial charge on any atom is -0.414 e. The summed E-state index contributed by atoms with van der Waals surface area (Å²) in [6.07, 6.45) is 5.05. The van der Waals surface area contributed by atoms with Crippen LogP contribution in [0.3, 0.4) is 0 Å². The van der Waals surface area contributed by atoms with Crippen molar-refractivity contribution in [1.82, 2.24) is 0 Å². The summed E-state index contributed by atoms with van der Waals surface area (Å²) in [6.45, 7) is 33.3. The number of carbonyl (C=O) groups excluding carboxylic acids is 1. The Kier molecular flexibility index (Phi) is 28.6. The molecule has 2 aromatic carbocycles. The Labute approximate surface area is 649 Å². The van der Waals surface area contributed by atoms with Crippen LogP contribution in [0.15, 0.2) is 143 Å². The van der Waals surface area contributed by atoms with Crippen molar-refractivity contribution in [1.29, 1.82) is 0 Å². The summed E-state index contributed by atoms with van der Waals surface area (Å²) in [5, 5.41) is 31.5. The van der Waals surface area contributed by atoms with E-state index in [0.717, 1.165) is 110 Å². The molecule has 1 heterocycles. The zero-order valence-electron chi connectivity index (χ0n) is 67.4. The molecule has 1 saturated heterocycles. The Morgan fingerprint density at radius 2 is 0.973 bits per heavy atom. The number of ether oxygens (including phenoxy) is 1. The Hall–Kier alpha value is -3.95. The second-order valence-electron chi connectivity index (χ2n) is 37.2. The van der Waals surface area contributed by atoms with Crippen molar-refractivity contribution in [2.75, 3.05) is 19.4 Å². The highest BCUT2D eigenvalue weighted by Crippen LogP contribution is 2.69. The Morgan fingerprint density at radius 1 is 0.545 bits per heavy atom. The number of alkyl halides is 12. The van der Waals surface area contributed by atoms with Gasteiger partial charge in [-0.05, 0) is 230 Å². The highest BCUT2D eigenvalue weighted by atomic mass is 31.2. The number of aliphatic hydroxyl groups excluding tert-OH is 2. The van der Waals surface area contributed by atoms with Gasteiger partial charge in [-0.15, -0.1) is 0 Å². The van der Waals surface area contributed by atoms with Gasteiger partial charge >= 0.3 is 24.7 Å². The van der Waals surface area contributed by atoms with Gasteiger partial charge in [0, 0.05) is 42.3 Å². The maximum Gasteiger partial charge on any atom is 0.429 e. The van der Waals surface area contributed by atoms with Gasteiger partial charge < -0.3 is 37.9 Å². The number of halogens is 12. The molecule has 25 heteroatoms. The van der Waals surface area contributed by atoms with Crippen LogP contribution in [0.4, 0.5) is 52.7 Å². The molecular formula is C85H123F12O9PSi3. The highest BCUT2D eigenvalue weighted by molar-refractivity contribution is 7.78. The third kappa shape index (κ3) is 21.2. The lowest BCUT2D eigenvalue weighted by atomic mass is 9.61. The number of rotatable bonds is 19. The van der Waals surface area contributed by atoms with Crippen LogP contribution in [0.25, 0.3) is 0 Å². The third-order valence-corrected chi connectivity index (χ3v) is 38.6. The molecule has 1 aliphatic heterocycles. The highest BCUT2D eigenvalue weighted by Gasteiger charge is 2.72. The maximum atomic E-state index is 14.6. The Bertz CT molecular complexity index is 3600. The number of hydrogen-bond acceptors (Lipinski definition) is 9. The summed E-state index contributed by atoms with van der Waals surface area (Å²) in [5.74, 6) is 0.306. The smallest absolute Gasteiger partial charge is 0.414 e. The maximum absolute atomic E-state index is 14.6. The zero-order chi connectivity index (χ0) is 82.0. The number of allylic oxidation sites excluding steroid dienone is 10. The average molecular weight is 1630 g/mol. The normalized spacial score (nSPS) is 27.8. The number of Topliss-reactive ketones (excluding diaryl/α,β-unsaturated/α-hetero) is 1. The minimum atomic E-state index is -5.86. The van der Waals surface area contributed by atoms with Crippen LogP contribution < -0.4 is 10.6 Å². The molecule has 11 rings (SSSR count). The van der Waals surface area contributed by atoms with Gasteiger partial charge in [0.05, 0.1) is 24.4 Å². The number of fused-ring (bicyclic) bond motifs is 2. The van der Waals surface area contributed by atoms with Crippen molar-refractivity contribution in [3.8, 4) is 0 Å². The second kappa shape index (κ2) is 34.3. The predicted molar refractivity (Wildman–Crippen MR) is 421 cm³/mol. The molecule has 3 N–H and O–H groups in total. The average Bonchev–Trinajstić information content (AvgIpc) is 1.62. The van der Waals surface area contributed by atoms with Gasteiger partial charge in [-0.2, -0.15) is 52.7 Å². The molecule has 0 radical (unpaired) electrons. The number of benzene rings is 2. The summed E-state index contributed by atoms with van der Waals surface area (Å²) in [6, 6.07) is 20.0. The molecule has 3 unspecified atom stereocenters. The summed E-state index contributed by atoms with van der Waals surface area (Å²) >= 11 is 0. The van der Waals surface area contributed by atoms with Gasteiger partial charge in [-0.25, -0.2) is 0 Å². The van der Waals surface area contributed by atoms with E-state index in [-0.39, 0.29) is 75.7 Å². The largest absolute Gasteiger partial charge is 0.429 e. The van der Waals surface area contributed by atoms with E-state index < -0.39 is 91.0 Å². The van der Waals surface area contributed by atoms with E-state index in [0.29, 0.717) is 63.9 Å². The molecule has 8 atom stereocenters. The molecule has 618 valence electrons. The Morgan fingerprint density at radius 3 is 1.37 bits per heavy atom. The first-order valence-electron chi connectivity index (χ1n) is 39.6. The van der Waals surface area contributed by atoms with Crippen LogP contribution in [0.5, 0.6) is 0 Å². The van der Waals surface area contributed by atoms with Gasteiger partial charge in [-0.3, -0.25) is 4.79 Å². The molecule has 0 bridgehead atoms. The number of hydrogen-bond donors (Lipinski definition) is 3. The Balaban J connectivity index is 0.000000201. The molecular weight excluding hydrogens is 1510 g/mol. The number of aliphatic hydroxyl groups is 3. The van der Waals surface area contributed by atoms with Gasteiger partial charge in [0.15, 0.2) is 25.0 Å². The van der Waals surface area contributed by atoms with E-state index in [1.165, 1.54) is 43.6 Å². The standard InChI is InChI=1S/C32H51O3PSi2.C27H34F6O3.C22H30F6O2Si.C4H8O/c1-31(2,3)37(7,8)34-27-23-26(24-28(25-27)35-38(9,10)32(4,5)6)21-22-36(33,29-17-13-11-14-18-29)30-19-15-12-16-20-30;1-23-9-2-4-18(6-5-17-14-19(34)16-20(35)15-17)21(23)7-8-22(23)24(12-13-24)10-3-11-25(36,26(28,29)30)27(31,32)33;1-18-10-5-7-16(29)15(18)8-9-17(18)19(13-14-19)11-6-12-20(21(23,24)25,22(26,27)28)30-31(2,3)4;1-2-4-5-3-1/h11-21,27-28H,22-25H2,1-10H3;3,5-6,8,11,19-21,34-36H,2,4,7,9-10,12-16H2,1H3;6,9,12,15H,5,7-8,10-11,13-14H2,1-4H3;1-4H2/b;11-3-,17-5?,18-6+;12-6-;/t27-,28-;19-,20?,21?,23+;15?,18-;/m110./s1. The molecule has 2 aromatic rings. The molecule has 6 saturated carbocycles. The monoisotopic (exact) mass is 1630 g/mol. The van der Waals surface area contributed by atoms with Gasteiger partial charge in [0.2, 0.25) is 0 Å². The lowest BCUT2D eigenvalue weighted by Gasteiger charge is -2.45. The van der Waals surface area contributed by atoms with Crippen molar-refractivity contribution in [3.05, 3.63) is 143 Å². The van der Waals surface area contributed by atoms with E-state index in [2.05, 4.69) is 92.9 Å². The van der Waals surface area contributed by atoms with Crippen LogP contribution >= 0.6 is 7.14 Å².